The molecule has 0 saturated carbocycles. The number of aliphatic imine (C=N–C) groups is 2. The van der Waals surface area contributed by atoms with Gasteiger partial charge >= 0.3 is 0 Å². The van der Waals surface area contributed by atoms with Crippen LogP contribution in [0.3, 0.4) is 0 Å². The van der Waals surface area contributed by atoms with E-state index in [9.17, 15) is 0 Å². The Labute approximate surface area is 243 Å². The number of nitrogens with zero attached hydrogens (tertiary/aromatic N) is 2. The van der Waals surface area contributed by atoms with Gasteiger partial charge in [-0.15, -0.1) is 0 Å². The summed E-state index contributed by atoms with van der Waals surface area (Å²) in [4.78, 5) is 16.9. The van der Waals surface area contributed by atoms with Crippen LogP contribution in [0.4, 0.5) is 0 Å². The average molecular weight is 549 g/mol. The van der Waals surface area contributed by atoms with Gasteiger partial charge in [0.2, 0.25) is 0 Å². The fourth-order valence-corrected chi connectivity index (χ4v) is 5.63. The molecular formula is C35H40N4O2. The molecule has 0 atom stereocenters. The van der Waals surface area contributed by atoms with Gasteiger partial charge in [0.15, 0.2) is 0 Å². The Kier molecular flexibility index (Phi) is 7.52. The van der Waals surface area contributed by atoms with Gasteiger partial charge in [0.05, 0.1) is 37.1 Å². The Morgan fingerprint density at radius 3 is 1.39 bits per heavy atom. The van der Waals surface area contributed by atoms with Gasteiger partial charge < -0.3 is 19.4 Å². The highest BCUT2D eigenvalue weighted by Crippen LogP contribution is 2.46. The van der Waals surface area contributed by atoms with Crippen molar-refractivity contribution in [3.63, 3.8) is 0 Å². The topological polar surface area (TPSA) is 74.8 Å². The largest absolute Gasteiger partial charge is 0.496 e. The van der Waals surface area contributed by atoms with Crippen LogP contribution in [-0.4, -0.2) is 36.6 Å². The molecular weight excluding hydrogens is 508 g/mol. The molecule has 41 heavy (non-hydrogen) atoms. The SMILES string of the molecule is COc1cccc(OC)c1C(c1[nH]c(/C=C2\N=CC(C)=C2C)c(C)c1C)c1[nH]c(/C=C2\N=CC(C)=C2C)c(C)c1C. The van der Waals surface area contributed by atoms with E-state index in [0.717, 1.165) is 51.2 Å². The van der Waals surface area contributed by atoms with Crippen molar-refractivity contribution < 1.29 is 9.47 Å². The smallest absolute Gasteiger partial charge is 0.126 e. The number of aromatic nitrogens is 2. The molecule has 6 heteroatoms. The van der Waals surface area contributed by atoms with E-state index in [0.29, 0.717) is 0 Å². The maximum Gasteiger partial charge on any atom is 0.126 e. The van der Waals surface area contributed by atoms with Crippen molar-refractivity contribution in [1.29, 1.82) is 0 Å². The van der Waals surface area contributed by atoms with Gasteiger partial charge in [0.1, 0.15) is 11.5 Å². The molecule has 2 aromatic heterocycles. The molecule has 3 aromatic rings. The average Bonchev–Trinajstić information content (AvgIpc) is 3.64. The number of methoxy groups -OCH3 is 2. The number of nitrogens with one attached hydrogen (secondary N) is 2. The highest BCUT2D eigenvalue weighted by atomic mass is 16.5. The van der Waals surface area contributed by atoms with Gasteiger partial charge in [-0.25, -0.2) is 0 Å². The van der Waals surface area contributed by atoms with Crippen LogP contribution in [0, 0.1) is 27.7 Å². The van der Waals surface area contributed by atoms with Crippen LogP contribution in [0.25, 0.3) is 12.2 Å². The lowest BCUT2D eigenvalue weighted by Crippen LogP contribution is -2.11. The first-order valence-corrected chi connectivity index (χ1v) is 14.0. The van der Waals surface area contributed by atoms with Crippen LogP contribution < -0.4 is 9.47 Å². The molecule has 5 rings (SSSR count). The molecule has 0 unspecified atom stereocenters. The maximum atomic E-state index is 5.95. The minimum absolute atomic E-state index is 0.200. The van der Waals surface area contributed by atoms with E-state index in [2.05, 4.69) is 87.5 Å². The van der Waals surface area contributed by atoms with E-state index in [1.54, 1.807) is 14.2 Å². The number of benzene rings is 1. The third kappa shape index (κ3) is 4.82. The summed E-state index contributed by atoms with van der Waals surface area (Å²) in [7, 11) is 3.43. The molecule has 0 bridgehead atoms. The van der Waals surface area contributed by atoms with E-state index in [4.69, 9.17) is 9.47 Å². The maximum absolute atomic E-state index is 5.95. The van der Waals surface area contributed by atoms with Crippen LogP contribution >= 0.6 is 0 Å². The summed E-state index contributed by atoms with van der Waals surface area (Å²) in [5.41, 5.74) is 16.8. The molecule has 0 saturated heterocycles. The first kappa shape index (κ1) is 28.2. The third-order valence-electron chi connectivity index (χ3n) is 8.92. The Morgan fingerprint density at radius 1 is 0.634 bits per heavy atom. The molecule has 2 aliphatic rings. The minimum Gasteiger partial charge on any atom is -0.496 e. The lowest BCUT2D eigenvalue weighted by Gasteiger charge is -2.23. The highest BCUT2D eigenvalue weighted by Gasteiger charge is 2.32. The lowest BCUT2D eigenvalue weighted by molar-refractivity contribution is 0.383. The molecule has 1 aromatic carbocycles. The molecule has 0 aliphatic carbocycles. The molecule has 2 aliphatic heterocycles. The zero-order chi connectivity index (χ0) is 29.6. The van der Waals surface area contributed by atoms with E-state index in [-0.39, 0.29) is 5.92 Å². The number of H-pyrrole nitrogens is 2. The Hall–Kier alpha value is -4.32. The number of ether oxygens (including phenoxy) is 2. The molecule has 2 N–H and O–H groups in total. The summed E-state index contributed by atoms with van der Waals surface area (Å²) in [6.45, 7) is 17.1. The van der Waals surface area contributed by atoms with Crippen molar-refractivity contribution in [3.05, 3.63) is 102 Å². The Balaban J connectivity index is 1.76. The fourth-order valence-electron chi connectivity index (χ4n) is 5.63. The lowest BCUT2D eigenvalue weighted by atomic mass is 9.86. The van der Waals surface area contributed by atoms with Crippen molar-refractivity contribution >= 4 is 24.6 Å². The Bertz CT molecular complexity index is 1610. The molecule has 0 fully saturated rings. The monoisotopic (exact) mass is 548 g/mol. The van der Waals surface area contributed by atoms with Crippen molar-refractivity contribution in [2.45, 2.75) is 61.3 Å². The van der Waals surface area contributed by atoms with Crippen molar-refractivity contribution in [3.8, 4) is 11.5 Å². The molecule has 4 heterocycles. The van der Waals surface area contributed by atoms with E-state index in [1.807, 2.05) is 30.6 Å². The van der Waals surface area contributed by atoms with E-state index >= 15 is 0 Å². The van der Waals surface area contributed by atoms with Gasteiger partial charge in [0, 0.05) is 35.2 Å². The number of hydrogen-bond donors (Lipinski definition) is 2. The van der Waals surface area contributed by atoms with Gasteiger partial charge in [-0.3, -0.25) is 9.98 Å². The molecule has 0 radical (unpaired) electrons. The van der Waals surface area contributed by atoms with Crippen molar-refractivity contribution in [2.24, 2.45) is 9.98 Å². The quantitative estimate of drug-likeness (QED) is 0.312. The highest BCUT2D eigenvalue weighted by molar-refractivity contribution is 5.88. The standard InChI is InChI=1S/C35H40N4O2/c1-18-16-36-26(20(18)3)14-28-22(5)24(7)34(38-28)33(32-30(40-9)12-11-13-31(32)41-10)35-25(8)23(6)29(39-35)15-27-21(4)19(2)17-37-27/h11-17,33,38-39H,1-10H3/b26-14-,27-15-. The van der Waals surface area contributed by atoms with Crippen LogP contribution in [0.2, 0.25) is 0 Å². The normalized spacial score (nSPS) is 17.0. The Morgan fingerprint density at radius 2 is 1.05 bits per heavy atom. The van der Waals surface area contributed by atoms with Crippen LogP contribution in [0.5, 0.6) is 11.5 Å². The number of allylic oxidation sites excluding steroid dienone is 4. The fraction of sp³-hybridized carbons (Fsp3) is 0.314. The summed E-state index contributed by atoms with van der Waals surface area (Å²) in [6, 6.07) is 5.97. The van der Waals surface area contributed by atoms with Gasteiger partial charge in [-0.1, -0.05) is 6.07 Å². The predicted octanol–water partition coefficient (Wildman–Crippen LogP) is 8.30. The van der Waals surface area contributed by atoms with Crippen molar-refractivity contribution in [2.75, 3.05) is 14.2 Å². The predicted molar refractivity (Wildman–Crippen MR) is 171 cm³/mol. The van der Waals surface area contributed by atoms with E-state index in [1.165, 1.54) is 44.5 Å². The summed E-state index contributed by atoms with van der Waals surface area (Å²) in [5.74, 6) is 1.35. The molecule has 212 valence electrons. The summed E-state index contributed by atoms with van der Waals surface area (Å²) in [6.07, 6.45) is 8.18. The second-order valence-electron chi connectivity index (χ2n) is 11.1. The second-order valence-corrected chi connectivity index (χ2v) is 11.1. The summed E-state index contributed by atoms with van der Waals surface area (Å²) in [5, 5.41) is 0. The first-order chi connectivity index (χ1) is 19.6. The summed E-state index contributed by atoms with van der Waals surface area (Å²) >= 11 is 0. The van der Waals surface area contributed by atoms with Crippen LogP contribution in [-0.2, 0) is 0 Å². The summed E-state index contributed by atoms with van der Waals surface area (Å²) < 4.78 is 11.9. The van der Waals surface area contributed by atoms with Crippen LogP contribution in [0.15, 0.2) is 61.9 Å². The second kappa shape index (κ2) is 10.9. The first-order valence-electron chi connectivity index (χ1n) is 14.0. The van der Waals surface area contributed by atoms with E-state index < -0.39 is 0 Å². The van der Waals surface area contributed by atoms with Gasteiger partial charge in [-0.05, 0) is 124 Å². The third-order valence-corrected chi connectivity index (χ3v) is 8.92. The van der Waals surface area contributed by atoms with Crippen LogP contribution in [0.1, 0.15) is 84.2 Å². The zero-order valence-corrected chi connectivity index (χ0v) is 25.8. The molecule has 0 spiro atoms. The van der Waals surface area contributed by atoms with Crippen molar-refractivity contribution in [1.82, 2.24) is 9.97 Å². The van der Waals surface area contributed by atoms with Gasteiger partial charge in [0.25, 0.3) is 0 Å². The van der Waals surface area contributed by atoms with Gasteiger partial charge in [-0.2, -0.15) is 0 Å². The molecule has 6 nitrogen and oxygen atoms in total. The molecule has 0 amide bonds. The minimum atomic E-state index is -0.200. The number of hydrogen-bond acceptors (Lipinski definition) is 4. The zero-order valence-electron chi connectivity index (χ0n) is 25.8. The number of rotatable bonds is 7. The number of aromatic amines is 2.